The normalized spacial score (nSPS) is 28.3. The third kappa shape index (κ3) is 2.62. The minimum absolute atomic E-state index is 0.0804. The van der Waals surface area contributed by atoms with Crippen LogP contribution in [0.4, 0.5) is 0 Å². The Bertz CT molecular complexity index is 466. The van der Waals surface area contributed by atoms with E-state index in [0.717, 1.165) is 0 Å². The molecule has 2 atom stereocenters. The summed E-state index contributed by atoms with van der Waals surface area (Å²) in [7, 11) is 0. The number of halogens is 2. The Balaban J connectivity index is 2.04. The Morgan fingerprint density at radius 3 is 2.32 bits per heavy atom. The Morgan fingerprint density at radius 1 is 1.32 bits per heavy atom. The molecule has 7 heteroatoms. The summed E-state index contributed by atoms with van der Waals surface area (Å²) in [4.78, 5) is 39.6. The average molecular weight is 306 g/mol. The minimum Gasteiger partial charge on any atom is -0.330 e. The van der Waals surface area contributed by atoms with E-state index >= 15 is 0 Å². The van der Waals surface area contributed by atoms with Crippen molar-refractivity contribution in [2.75, 3.05) is 0 Å². The highest BCUT2D eigenvalue weighted by Crippen LogP contribution is 2.60. The zero-order valence-electron chi connectivity index (χ0n) is 10.5. The van der Waals surface area contributed by atoms with Gasteiger partial charge in [-0.3, -0.25) is 9.59 Å². The fraction of sp³-hybridized carbons (Fsp3) is 0.583. The summed E-state index contributed by atoms with van der Waals surface area (Å²) in [5.74, 6) is -2.19. The molecule has 0 aromatic carbocycles. The van der Waals surface area contributed by atoms with Crippen LogP contribution >= 0.6 is 23.2 Å². The van der Waals surface area contributed by atoms with Gasteiger partial charge < -0.3 is 4.84 Å². The summed E-state index contributed by atoms with van der Waals surface area (Å²) in [6, 6.07) is 0. The van der Waals surface area contributed by atoms with E-state index in [2.05, 4.69) is 0 Å². The van der Waals surface area contributed by atoms with E-state index in [9.17, 15) is 14.4 Å². The van der Waals surface area contributed by atoms with E-state index in [1.807, 2.05) is 13.8 Å². The van der Waals surface area contributed by atoms with E-state index in [1.165, 1.54) is 0 Å². The third-order valence-electron chi connectivity index (χ3n) is 3.66. The summed E-state index contributed by atoms with van der Waals surface area (Å²) in [5, 5.41) is 0.555. The molecule has 0 N–H and O–H groups in total. The molecule has 0 unspecified atom stereocenters. The van der Waals surface area contributed by atoms with Crippen molar-refractivity contribution < 1.29 is 19.2 Å². The van der Waals surface area contributed by atoms with Crippen LogP contribution in [0.5, 0.6) is 0 Å². The lowest BCUT2D eigenvalue weighted by molar-refractivity contribution is -0.199. The van der Waals surface area contributed by atoms with Gasteiger partial charge in [0.25, 0.3) is 11.8 Å². The van der Waals surface area contributed by atoms with Crippen LogP contribution in [-0.4, -0.2) is 22.8 Å². The van der Waals surface area contributed by atoms with Crippen molar-refractivity contribution in [2.45, 2.75) is 26.7 Å². The zero-order valence-corrected chi connectivity index (χ0v) is 12.0. The van der Waals surface area contributed by atoms with Gasteiger partial charge in [0.15, 0.2) is 0 Å². The summed E-state index contributed by atoms with van der Waals surface area (Å²) >= 11 is 11.2. The maximum atomic E-state index is 12.0. The van der Waals surface area contributed by atoms with Crippen LogP contribution in [0, 0.1) is 17.3 Å². The topological polar surface area (TPSA) is 63.7 Å². The van der Waals surface area contributed by atoms with E-state index in [-0.39, 0.29) is 28.7 Å². The molecule has 0 bridgehead atoms. The van der Waals surface area contributed by atoms with Gasteiger partial charge in [0, 0.05) is 12.8 Å². The molecule has 1 aliphatic heterocycles. The molecule has 2 fully saturated rings. The van der Waals surface area contributed by atoms with Gasteiger partial charge in [-0.15, -0.1) is 5.06 Å². The average Bonchev–Trinajstić information content (AvgIpc) is 2.67. The van der Waals surface area contributed by atoms with E-state index in [1.54, 1.807) is 6.08 Å². The largest absolute Gasteiger partial charge is 0.337 e. The van der Waals surface area contributed by atoms with Crippen LogP contribution in [-0.2, 0) is 19.2 Å². The standard InChI is InChI=1S/C12H13Cl2NO4/c1-12(2)6(5-7(13)14)10(12)11(18)19-15-8(16)3-4-9(15)17/h5-6,10H,3-4H2,1-2H3/t6-,10+/m1/s1. The second kappa shape index (κ2) is 4.80. The lowest BCUT2D eigenvalue weighted by atomic mass is 10.1. The van der Waals surface area contributed by atoms with Crippen LogP contribution < -0.4 is 0 Å². The molecule has 1 saturated carbocycles. The van der Waals surface area contributed by atoms with E-state index in [4.69, 9.17) is 28.0 Å². The molecule has 1 saturated heterocycles. The van der Waals surface area contributed by atoms with Gasteiger partial charge in [-0.25, -0.2) is 4.79 Å². The molecule has 2 aliphatic rings. The van der Waals surface area contributed by atoms with Crippen LogP contribution in [0.3, 0.4) is 0 Å². The monoisotopic (exact) mass is 305 g/mol. The second-order valence-corrected chi connectivity index (χ2v) is 6.28. The van der Waals surface area contributed by atoms with Gasteiger partial charge in [-0.2, -0.15) is 0 Å². The first-order valence-corrected chi connectivity index (χ1v) is 6.61. The van der Waals surface area contributed by atoms with E-state index in [0.29, 0.717) is 5.06 Å². The van der Waals surface area contributed by atoms with Gasteiger partial charge in [0.1, 0.15) is 4.49 Å². The first-order chi connectivity index (χ1) is 8.75. The number of amides is 2. The van der Waals surface area contributed by atoms with Crippen molar-refractivity contribution in [3.63, 3.8) is 0 Å². The second-order valence-electron chi connectivity index (χ2n) is 5.27. The number of carbonyl (C=O) groups is 3. The number of allylic oxidation sites excluding steroid dienone is 1. The zero-order chi connectivity index (χ0) is 14.4. The van der Waals surface area contributed by atoms with Gasteiger partial charge in [0.05, 0.1) is 5.92 Å². The van der Waals surface area contributed by atoms with Crippen molar-refractivity contribution in [2.24, 2.45) is 17.3 Å². The molecule has 0 aromatic heterocycles. The number of hydrogen-bond acceptors (Lipinski definition) is 4. The molecule has 0 radical (unpaired) electrons. The van der Waals surface area contributed by atoms with Crippen molar-refractivity contribution >= 4 is 41.0 Å². The van der Waals surface area contributed by atoms with Gasteiger partial charge >= 0.3 is 5.97 Å². The number of hydrogen-bond donors (Lipinski definition) is 0. The van der Waals surface area contributed by atoms with Gasteiger partial charge in [-0.05, 0) is 17.4 Å². The SMILES string of the molecule is CC1(C)[C@H](C=C(Cl)Cl)[C@H]1C(=O)ON1C(=O)CCC1=O. The number of nitrogens with zero attached hydrogens (tertiary/aromatic N) is 1. The quantitative estimate of drug-likeness (QED) is 0.750. The van der Waals surface area contributed by atoms with Gasteiger partial charge in [-0.1, -0.05) is 37.0 Å². The van der Waals surface area contributed by atoms with Crippen LogP contribution in [0.2, 0.25) is 0 Å². The lowest BCUT2D eigenvalue weighted by Gasteiger charge is -2.12. The number of rotatable bonds is 3. The fourth-order valence-electron chi connectivity index (χ4n) is 2.38. The number of carbonyl (C=O) groups excluding carboxylic acids is 3. The Labute approximate surface area is 120 Å². The molecule has 104 valence electrons. The highest BCUT2D eigenvalue weighted by atomic mass is 35.5. The smallest absolute Gasteiger partial charge is 0.330 e. The molecule has 0 spiro atoms. The molecule has 1 heterocycles. The summed E-state index contributed by atoms with van der Waals surface area (Å²) < 4.78 is 0.0849. The van der Waals surface area contributed by atoms with Gasteiger partial charge in [0.2, 0.25) is 0 Å². The summed E-state index contributed by atoms with van der Waals surface area (Å²) in [6.07, 6.45) is 1.73. The molecular formula is C12H13Cl2NO4. The molecule has 2 rings (SSSR count). The van der Waals surface area contributed by atoms with Crippen LogP contribution in [0.25, 0.3) is 0 Å². The Morgan fingerprint density at radius 2 is 1.84 bits per heavy atom. The van der Waals surface area contributed by atoms with Crippen molar-refractivity contribution in [3.05, 3.63) is 10.6 Å². The number of hydroxylamine groups is 2. The first-order valence-electron chi connectivity index (χ1n) is 5.85. The predicted molar refractivity (Wildman–Crippen MR) is 67.7 cm³/mol. The van der Waals surface area contributed by atoms with Crippen molar-refractivity contribution in [1.82, 2.24) is 5.06 Å². The number of imide groups is 1. The lowest BCUT2D eigenvalue weighted by Crippen LogP contribution is -2.33. The highest BCUT2D eigenvalue weighted by Gasteiger charge is 2.62. The molecule has 1 aliphatic carbocycles. The molecule has 19 heavy (non-hydrogen) atoms. The highest BCUT2D eigenvalue weighted by molar-refractivity contribution is 6.55. The molecule has 5 nitrogen and oxygen atoms in total. The van der Waals surface area contributed by atoms with Crippen molar-refractivity contribution in [1.29, 1.82) is 0 Å². The molecular weight excluding hydrogens is 293 g/mol. The Kier molecular flexibility index (Phi) is 3.62. The summed E-state index contributed by atoms with van der Waals surface area (Å²) in [6.45, 7) is 3.73. The molecule has 0 aromatic rings. The van der Waals surface area contributed by atoms with Crippen molar-refractivity contribution in [3.8, 4) is 0 Å². The Hall–Kier alpha value is -1.07. The fourth-order valence-corrected chi connectivity index (χ4v) is 2.65. The summed E-state index contributed by atoms with van der Waals surface area (Å²) in [5.41, 5.74) is -0.349. The van der Waals surface area contributed by atoms with Crippen LogP contribution in [0.1, 0.15) is 26.7 Å². The maximum absolute atomic E-state index is 12.0. The molecule has 2 amide bonds. The predicted octanol–water partition coefficient (Wildman–Crippen LogP) is 2.18. The first kappa shape index (κ1) is 14.3. The minimum atomic E-state index is -0.607. The van der Waals surface area contributed by atoms with E-state index < -0.39 is 23.7 Å². The third-order valence-corrected chi connectivity index (χ3v) is 3.91. The van der Waals surface area contributed by atoms with Crippen LogP contribution in [0.15, 0.2) is 10.6 Å². The maximum Gasteiger partial charge on any atom is 0.337 e.